The Morgan fingerprint density at radius 3 is 2.86 bits per heavy atom. The smallest absolute Gasteiger partial charge is 0.243 e. The molecule has 1 heterocycles. The molecule has 1 amide bonds. The van der Waals surface area contributed by atoms with Crippen LogP contribution in [0, 0.1) is 6.92 Å². The summed E-state index contributed by atoms with van der Waals surface area (Å²) in [5.74, 6) is -0.0246. The van der Waals surface area contributed by atoms with E-state index in [2.05, 4.69) is 29.3 Å². The molecule has 114 valence electrons. The number of nitrogens with one attached hydrogen (secondary N) is 1. The number of hydrogen-bond acceptors (Lipinski definition) is 2. The van der Waals surface area contributed by atoms with Gasteiger partial charge in [-0.05, 0) is 49.6 Å². The van der Waals surface area contributed by atoms with Gasteiger partial charge in [0.25, 0.3) is 0 Å². The number of aryl methyl sites for hydroxylation is 1. The van der Waals surface area contributed by atoms with Gasteiger partial charge in [-0.25, -0.2) is 0 Å². The first kappa shape index (κ1) is 14.9. The molecule has 0 radical (unpaired) electrons. The average molecular weight is 315 g/mol. The summed E-state index contributed by atoms with van der Waals surface area (Å²) in [6.07, 6.45) is 0.986. The van der Waals surface area contributed by atoms with Crippen molar-refractivity contribution in [2.75, 3.05) is 16.8 Å². The second-order valence-electron chi connectivity index (χ2n) is 5.82. The predicted molar refractivity (Wildman–Crippen MR) is 91.8 cm³/mol. The Labute approximate surface area is 135 Å². The van der Waals surface area contributed by atoms with Gasteiger partial charge in [-0.15, -0.1) is 0 Å². The van der Waals surface area contributed by atoms with Crippen LogP contribution in [-0.4, -0.2) is 18.5 Å². The van der Waals surface area contributed by atoms with Gasteiger partial charge in [0.1, 0.15) is 0 Å². The number of halogens is 1. The van der Waals surface area contributed by atoms with Gasteiger partial charge in [0, 0.05) is 22.4 Å². The van der Waals surface area contributed by atoms with E-state index in [0.717, 1.165) is 23.4 Å². The number of fused-ring (bicyclic) bond motifs is 1. The number of benzene rings is 2. The van der Waals surface area contributed by atoms with E-state index in [0.29, 0.717) is 17.6 Å². The van der Waals surface area contributed by atoms with Crippen molar-refractivity contribution in [2.24, 2.45) is 0 Å². The quantitative estimate of drug-likeness (QED) is 0.927. The van der Waals surface area contributed by atoms with Crippen LogP contribution in [0.3, 0.4) is 0 Å². The number of para-hydroxylation sites is 1. The SMILES string of the molecule is Cc1ccc(NC(=O)CN2c3ccccc3CC2C)cc1Cl. The zero-order valence-electron chi connectivity index (χ0n) is 12.8. The zero-order valence-corrected chi connectivity index (χ0v) is 13.5. The predicted octanol–water partition coefficient (Wildman–Crippen LogP) is 4.04. The maximum Gasteiger partial charge on any atom is 0.243 e. The summed E-state index contributed by atoms with van der Waals surface area (Å²) >= 11 is 6.10. The third kappa shape index (κ3) is 2.95. The fourth-order valence-corrected chi connectivity index (χ4v) is 3.08. The molecule has 3 nitrogen and oxygen atoms in total. The van der Waals surface area contributed by atoms with E-state index in [4.69, 9.17) is 11.6 Å². The summed E-state index contributed by atoms with van der Waals surface area (Å²) in [7, 11) is 0. The summed E-state index contributed by atoms with van der Waals surface area (Å²) in [6.45, 7) is 4.44. The fourth-order valence-electron chi connectivity index (χ4n) is 2.90. The van der Waals surface area contributed by atoms with Crippen molar-refractivity contribution in [2.45, 2.75) is 26.3 Å². The van der Waals surface area contributed by atoms with E-state index in [1.54, 1.807) is 6.07 Å². The van der Waals surface area contributed by atoms with E-state index < -0.39 is 0 Å². The third-order valence-electron chi connectivity index (χ3n) is 4.12. The lowest BCUT2D eigenvalue weighted by Crippen LogP contribution is -2.37. The van der Waals surface area contributed by atoms with Crippen molar-refractivity contribution in [3.63, 3.8) is 0 Å². The van der Waals surface area contributed by atoms with Crippen molar-refractivity contribution < 1.29 is 4.79 Å². The van der Waals surface area contributed by atoms with Crippen LogP contribution in [0.15, 0.2) is 42.5 Å². The van der Waals surface area contributed by atoms with Gasteiger partial charge in [-0.2, -0.15) is 0 Å². The standard InChI is InChI=1S/C18H19ClN2O/c1-12-7-8-15(10-16(12)19)20-18(22)11-21-13(2)9-14-5-3-4-6-17(14)21/h3-8,10,13H,9,11H2,1-2H3,(H,20,22). The molecule has 1 atom stereocenters. The molecule has 2 aromatic carbocycles. The molecule has 1 N–H and O–H groups in total. The first-order valence-corrected chi connectivity index (χ1v) is 7.83. The van der Waals surface area contributed by atoms with Crippen LogP contribution < -0.4 is 10.2 Å². The van der Waals surface area contributed by atoms with Gasteiger partial charge in [0.15, 0.2) is 0 Å². The van der Waals surface area contributed by atoms with Crippen molar-refractivity contribution in [3.05, 3.63) is 58.6 Å². The number of nitrogens with zero attached hydrogens (tertiary/aromatic N) is 1. The van der Waals surface area contributed by atoms with Crippen LogP contribution in [-0.2, 0) is 11.2 Å². The molecule has 0 spiro atoms. The lowest BCUT2D eigenvalue weighted by molar-refractivity contribution is -0.115. The van der Waals surface area contributed by atoms with Crippen LogP contribution in [0.25, 0.3) is 0 Å². The molecule has 1 aliphatic rings. The second kappa shape index (κ2) is 6.01. The summed E-state index contributed by atoms with van der Waals surface area (Å²) in [6, 6.07) is 14.2. The minimum Gasteiger partial charge on any atom is -0.359 e. The lowest BCUT2D eigenvalue weighted by atomic mass is 10.1. The molecule has 0 saturated heterocycles. The minimum atomic E-state index is -0.0246. The molecule has 0 aromatic heterocycles. The number of hydrogen-bond donors (Lipinski definition) is 1. The highest BCUT2D eigenvalue weighted by Crippen LogP contribution is 2.31. The lowest BCUT2D eigenvalue weighted by Gasteiger charge is -2.24. The largest absolute Gasteiger partial charge is 0.359 e. The maximum absolute atomic E-state index is 12.3. The Hall–Kier alpha value is -2.00. The first-order chi connectivity index (χ1) is 10.5. The molecule has 0 aliphatic carbocycles. The number of amides is 1. The Kier molecular flexibility index (Phi) is 4.08. The number of carbonyl (C=O) groups excluding carboxylic acids is 1. The van der Waals surface area contributed by atoms with Gasteiger partial charge >= 0.3 is 0 Å². The Balaban J connectivity index is 1.70. The second-order valence-corrected chi connectivity index (χ2v) is 6.23. The van der Waals surface area contributed by atoms with E-state index in [1.165, 1.54) is 5.56 Å². The van der Waals surface area contributed by atoms with Gasteiger partial charge in [-0.3, -0.25) is 4.79 Å². The third-order valence-corrected chi connectivity index (χ3v) is 4.53. The summed E-state index contributed by atoms with van der Waals surface area (Å²) in [5.41, 5.74) is 4.20. The van der Waals surface area contributed by atoms with Gasteiger partial charge in [-0.1, -0.05) is 35.9 Å². The minimum absolute atomic E-state index is 0.0246. The van der Waals surface area contributed by atoms with E-state index in [1.807, 2.05) is 31.2 Å². The molecule has 0 bridgehead atoms. The number of rotatable bonds is 3. The molecular weight excluding hydrogens is 296 g/mol. The normalized spacial score (nSPS) is 16.5. The molecule has 3 rings (SSSR count). The average Bonchev–Trinajstić information content (AvgIpc) is 2.79. The summed E-state index contributed by atoms with van der Waals surface area (Å²) < 4.78 is 0. The van der Waals surface area contributed by atoms with E-state index in [-0.39, 0.29) is 5.91 Å². The molecule has 1 unspecified atom stereocenters. The van der Waals surface area contributed by atoms with Crippen LogP contribution in [0.4, 0.5) is 11.4 Å². The molecule has 0 saturated carbocycles. The molecule has 1 aliphatic heterocycles. The highest BCUT2D eigenvalue weighted by atomic mass is 35.5. The van der Waals surface area contributed by atoms with Crippen LogP contribution in [0.1, 0.15) is 18.1 Å². The van der Waals surface area contributed by atoms with Crippen molar-refractivity contribution in [3.8, 4) is 0 Å². The highest BCUT2D eigenvalue weighted by molar-refractivity contribution is 6.31. The van der Waals surface area contributed by atoms with Crippen molar-refractivity contribution in [1.82, 2.24) is 0 Å². The highest BCUT2D eigenvalue weighted by Gasteiger charge is 2.26. The summed E-state index contributed by atoms with van der Waals surface area (Å²) in [4.78, 5) is 14.5. The Morgan fingerprint density at radius 1 is 1.32 bits per heavy atom. The number of anilines is 2. The molecule has 2 aromatic rings. The zero-order chi connectivity index (χ0) is 15.7. The number of carbonyl (C=O) groups is 1. The maximum atomic E-state index is 12.3. The molecule has 22 heavy (non-hydrogen) atoms. The van der Waals surface area contributed by atoms with Gasteiger partial charge in [0.05, 0.1) is 6.54 Å². The monoisotopic (exact) mass is 314 g/mol. The molecule has 0 fully saturated rings. The Morgan fingerprint density at radius 2 is 2.09 bits per heavy atom. The van der Waals surface area contributed by atoms with Crippen LogP contribution in [0.5, 0.6) is 0 Å². The van der Waals surface area contributed by atoms with Crippen LogP contribution >= 0.6 is 11.6 Å². The molecular formula is C18H19ClN2O. The van der Waals surface area contributed by atoms with E-state index >= 15 is 0 Å². The van der Waals surface area contributed by atoms with Crippen molar-refractivity contribution in [1.29, 1.82) is 0 Å². The topological polar surface area (TPSA) is 32.3 Å². The van der Waals surface area contributed by atoms with Crippen molar-refractivity contribution >= 4 is 28.9 Å². The van der Waals surface area contributed by atoms with Gasteiger partial charge in [0.2, 0.25) is 5.91 Å². The van der Waals surface area contributed by atoms with Crippen LogP contribution in [0.2, 0.25) is 5.02 Å². The van der Waals surface area contributed by atoms with E-state index in [9.17, 15) is 4.79 Å². The Bertz CT molecular complexity index is 714. The first-order valence-electron chi connectivity index (χ1n) is 7.45. The molecule has 4 heteroatoms. The fraction of sp³-hybridized carbons (Fsp3) is 0.278. The summed E-state index contributed by atoms with van der Waals surface area (Å²) in [5, 5.41) is 3.59. The van der Waals surface area contributed by atoms with Gasteiger partial charge < -0.3 is 10.2 Å².